The minimum Gasteiger partial charge on any atom is -0.598 e. The Morgan fingerprint density at radius 2 is 1.65 bits per heavy atom. The van der Waals surface area contributed by atoms with Crippen LogP contribution in [-0.2, 0) is 27.1 Å². The number of hydrogen-bond donors (Lipinski definition) is 1. The molecule has 7 heteroatoms. The van der Waals surface area contributed by atoms with E-state index in [1.54, 1.807) is 12.1 Å². The fourth-order valence-corrected chi connectivity index (χ4v) is 3.62. The van der Waals surface area contributed by atoms with Gasteiger partial charge in [0.05, 0.1) is 6.61 Å². The van der Waals surface area contributed by atoms with E-state index in [0.29, 0.717) is 12.8 Å². The first kappa shape index (κ1) is 21.1. The van der Waals surface area contributed by atoms with E-state index in [-0.39, 0.29) is 17.1 Å². The van der Waals surface area contributed by atoms with E-state index in [9.17, 15) is 13.5 Å². The minimum atomic E-state index is -1.96. The molecule has 0 saturated heterocycles. The summed E-state index contributed by atoms with van der Waals surface area (Å²) in [7, 11) is -1.96. The summed E-state index contributed by atoms with van der Waals surface area (Å²) in [5.41, 5.74) is 2.67. The fraction of sp³-hybridized carbons (Fsp3) is 0.368. The molecule has 0 aliphatic rings. The van der Waals surface area contributed by atoms with Gasteiger partial charge in [-0.3, -0.25) is 4.57 Å². The van der Waals surface area contributed by atoms with Gasteiger partial charge < -0.3 is 9.08 Å². The van der Waals surface area contributed by atoms with Gasteiger partial charge in [-0.05, 0) is 42.7 Å². The lowest BCUT2D eigenvalue weighted by Gasteiger charge is -2.23. The van der Waals surface area contributed by atoms with Crippen molar-refractivity contribution in [1.29, 1.82) is 0 Å². The molecular formula is C19H25FNO3PS. The Hall–Kier alpha value is -1.17. The molecule has 0 saturated carbocycles. The first-order chi connectivity index (χ1) is 12.4. The summed E-state index contributed by atoms with van der Waals surface area (Å²) in [6, 6.07) is 13.5. The smallest absolute Gasteiger partial charge is 0.191 e. The molecule has 2 unspecified atom stereocenters. The summed E-state index contributed by atoms with van der Waals surface area (Å²) in [5, 5.41) is -0.0442. The van der Waals surface area contributed by atoms with Crippen molar-refractivity contribution in [3.05, 3.63) is 71.0 Å². The Kier molecular flexibility index (Phi) is 8.32. The molecule has 0 bridgehead atoms. The standard InChI is InChI=1S/C19H25FNO3PS/c1-4-25(22)24-13-15-5-7-16(8-6-15)19(21-26(23)14(2)3)17-9-11-18(20)12-10-17/h5-12,14,19,21,25H,4,13H2,1-3H3/t19-,26?/m1/s1. The summed E-state index contributed by atoms with van der Waals surface area (Å²) >= 11 is -1.23. The maximum atomic E-state index is 13.3. The molecule has 2 rings (SSSR count). The summed E-state index contributed by atoms with van der Waals surface area (Å²) in [5.74, 6) is -0.309. The van der Waals surface area contributed by atoms with Crippen LogP contribution in [0.1, 0.15) is 43.5 Å². The van der Waals surface area contributed by atoms with Crippen LogP contribution in [0.5, 0.6) is 0 Å². The van der Waals surface area contributed by atoms with E-state index in [2.05, 4.69) is 4.72 Å². The predicted molar refractivity (Wildman–Crippen MR) is 105 cm³/mol. The fourth-order valence-electron chi connectivity index (χ4n) is 2.31. The van der Waals surface area contributed by atoms with Gasteiger partial charge in [0.1, 0.15) is 17.1 Å². The topological polar surface area (TPSA) is 61.4 Å². The van der Waals surface area contributed by atoms with Crippen molar-refractivity contribution < 1.29 is 18.0 Å². The van der Waals surface area contributed by atoms with Gasteiger partial charge in [0.15, 0.2) is 8.03 Å². The van der Waals surface area contributed by atoms with E-state index in [1.807, 2.05) is 45.0 Å². The molecule has 0 amide bonds. The van der Waals surface area contributed by atoms with Crippen LogP contribution >= 0.6 is 8.03 Å². The van der Waals surface area contributed by atoms with E-state index in [0.717, 1.165) is 16.7 Å². The SMILES string of the molecule is CC[PH](=O)OCc1ccc([C@@H](N[S+]([O-])C(C)C)c2ccc(F)cc2)cc1. The summed E-state index contributed by atoms with van der Waals surface area (Å²) < 4.78 is 45.5. The molecule has 0 heterocycles. The largest absolute Gasteiger partial charge is 0.598 e. The molecular weight excluding hydrogens is 372 g/mol. The maximum Gasteiger partial charge on any atom is 0.191 e. The monoisotopic (exact) mass is 397 g/mol. The summed E-state index contributed by atoms with van der Waals surface area (Å²) in [6.07, 6.45) is 0.528. The number of rotatable bonds is 9. The highest BCUT2D eigenvalue weighted by molar-refractivity contribution is 7.90. The molecule has 2 aromatic carbocycles. The van der Waals surface area contributed by atoms with Crippen molar-refractivity contribution in [3.63, 3.8) is 0 Å². The van der Waals surface area contributed by atoms with Crippen molar-refractivity contribution in [2.45, 2.75) is 38.7 Å². The third kappa shape index (κ3) is 6.22. The van der Waals surface area contributed by atoms with Crippen LogP contribution in [0.3, 0.4) is 0 Å². The van der Waals surface area contributed by atoms with E-state index in [4.69, 9.17) is 4.52 Å². The number of hydrogen-bond acceptors (Lipinski definition) is 4. The van der Waals surface area contributed by atoms with Crippen molar-refractivity contribution in [3.8, 4) is 0 Å². The van der Waals surface area contributed by atoms with Crippen molar-refractivity contribution >= 4 is 19.4 Å². The molecule has 4 nitrogen and oxygen atoms in total. The van der Waals surface area contributed by atoms with Crippen LogP contribution in [0.2, 0.25) is 0 Å². The van der Waals surface area contributed by atoms with Crippen LogP contribution in [-0.4, -0.2) is 16.0 Å². The normalized spacial score (nSPS) is 15.0. The van der Waals surface area contributed by atoms with E-state index < -0.39 is 19.4 Å². The molecule has 2 aromatic rings. The molecule has 0 fully saturated rings. The summed E-state index contributed by atoms with van der Waals surface area (Å²) in [4.78, 5) is 0. The van der Waals surface area contributed by atoms with E-state index >= 15 is 0 Å². The molecule has 26 heavy (non-hydrogen) atoms. The lowest BCUT2D eigenvalue weighted by molar-refractivity contribution is 0.319. The van der Waals surface area contributed by atoms with Gasteiger partial charge in [-0.15, -0.1) is 4.72 Å². The molecule has 0 spiro atoms. The lowest BCUT2D eigenvalue weighted by atomic mass is 9.99. The van der Waals surface area contributed by atoms with Crippen LogP contribution in [0.15, 0.2) is 48.5 Å². The average Bonchev–Trinajstić information content (AvgIpc) is 2.65. The highest BCUT2D eigenvalue weighted by Crippen LogP contribution is 2.26. The third-order valence-electron chi connectivity index (χ3n) is 3.87. The van der Waals surface area contributed by atoms with Gasteiger partial charge in [-0.1, -0.05) is 43.3 Å². The molecule has 0 aliphatic heterocycles. The highest BCUT2D eigenvalue weighted by atomic mass is 32.2. The molecule has 0 radical (unpaired) electrons. The first-order valence-corrected chi connectivity index (χ1v) is 11.3. The Bertz CT molecular complexity index is 710. The first-order valence-electron chi connectivity index (χ1n) is 8.57. The van der Waals surface area contributed by atoms with Gasteiger partial charge >= 0.3 is 0 Å². The zero-order chi connectivity index (χ0) is 19.1. The Morgan fingerprint density at radius 1 is 1.12 bits per heavy atom. The zero-order valence-electron chi connectivity index (χ0n) is 15.2. The number of halogens is 1. The van der Waals surface area contributed by atoms with Crippen LogP contribution in [0.25, 0.3) is 0 Å². The van der Waals surface area contributed by atoms with Crippen molar-refractivity contribution in [2.24, 2.45) is 0 Å². The van der Waals surface area contributed by atoms with Gasteiger partial charge in [-0.25, -0.2) is 4.39 Å². The van der Waals surface area contributed by atoms with Crippen LogP contribution in [0, 0.1) is 5.82 Å². The third-order valence-corrected chi connectivity index (χ3v) is 6.24. The van der Waals surface area contributed by atoms with Crippen LogP contribution < -0.4 is 4.72 Å². The van der Waals surface area contributed by atoms with Gasteiger partial charge in [0, 0.05) is 17.5 Å². The molecule has 3 atom stereocenters. The van der Waals surface area contributed by atoms with Crippen molar-refractivity contribution in [1.82, 2.24) is 4.72 Å². The minimum absolute atomic E-state index is 0.0442. The van der Waals surface area contributed by atoms with Gasteiger partial charge in [0.2, 0.25) is 0 Å². The Labute approximate surface area is 158 Å². The van der Waals surface area contributed by atoms with Crippen molar-refractivity contribution in [2.75, 3.05) is 6.16 Å². The zero-order valence-corrected chi connectivity index (χ0v) is 17.0. The molecule has 1 N–H and O–H groups in total. The molecule has 142 valence electrons. The maximum absolute atomic E-state index is 13.3. The van der Waals surface area contributed by atoms with Gasteiger partial charge in [0.25, 0.3) is 0 Å². The second kappa shape index (κ2) is 10.2. The highest BCUT2D eigenvalue weighted by Gasteiger charge is 2.22. The lowest BCUT2D eigenvalue weighted by Crippen LogP contribution is -2.34. The number of nitrogens with one attached hydrogen (secondary N) is 1. The molecule has 0 aliphatic carbocycles. The predicted octanol–water partition coefficient (Wildman–Crippen LogP) is 4.59. The second-order valence-electron chi connectivity index (χ2n) is 6.20. The Balaban J connectivity index is 2.21. The van der Waals surface area contributed by atoms with Gasteiger partial charge in [-0.2, -0.15) is 0 Å². The van der Waals surface area contributed by atoms with Crippen LogP contribution in [0.4, 0.5) is 4.39 Å². The Morgan fingerprint density at radius 3 is 2.15 bits per heavy atom. The molecule has 0 aromatic heterocycles. The quantitative estimate of drug-likeness (QED) is 0.497. The number of benzene rings is 2. The second-order valence-corrected chi connectivity index (χ2v) is 9.72. The summed E-state index contributed by atoms with van der Waals surface area (Å²) in [6.45, 7) is 5.89. The van der Waals surface area contributed by atoms with E-state index in [1.165, 1.54) is 12.1 Å². The average molecular weight is 397 g/mol.